The van der Waals surface area contributed by atoms with Gasteiger partial charge in [0.1, 0.15) is 0 Å². The molecule has 0 spiro atoms. The summed E-state index contributed by atoms with van der Waals surface area (Å²) in [5, 5.41) is 0. The van der Waals surface area contributed by atoms with E-state index in [1.54, 1.807) is 13.3 Å². The SMILES string of the molecule is CCn1cncc1CN=C(C)N. The van der Waals surface area contributed by atoms with Crippen LogP contribution in [0, 0.1) is 0 Å². The summed E-state index contributed by atoms with van der Waals surface area (Å²) in [4.78, 5) is 8.13. The Labute approximate surface area is 72.1 Å². The number of aromatic nitrogens is 2. The zero-order valence-electron chi connectivity index (χ0n) is 7.49. The molecule has 0 saturated carbocycles. The minimum Gasteiger partial charge on any atom is -0.388 e. The lowest BCUT2D eigenvalue weighted by molar-refractivity contribution is 0.712. The Morgan fingerprint density at radius 1 is 1.75 bits per heavy atom. The largest absolute Gasteiger partial charge is 0.388 e. The number of aliphatic imine (C=N–C) groups is 1. The first kappa shape index (κ1) is 8.77. The van der Waals surface area contributed by atoms with Crippen LogP contribution in [0.4, 0.5) is 0 Å². The predicted molar refractivity (Wildman–Crippen MR) is 48.9 cm³/mol. The number of aryl methyl sites for hydroxylation is 1. The fraction of sp³-hybridized carbons (Fsp3) is 0.500. The standard InChI is InChI=1S/C8H14N4/c1-3-12-6-10-4-8(12)5-11-7(2)9/h4,6H,3,5H2,1-2H3,(H2,9,11). The molecule has 1 aromatic rings. The average Bonchev–Trinajstić information content (AvgIpc) is 2.47. The molecule has 0 atom stereocenters. The fourth-order valence-electron chi connectivity index (χ4n) is 0.970. The van der Waals surface area contributed by atoms with Crippen LogP contribution in [0.1, 0.15) is 19.5 Å². The molecule has 1 rings (SSSR count). The van der Waals surface area contributed by atoms with Gasteiger partial charge in [-0.25, -0.2) is 4.98 Å². The third-order valence-electron chi connectivity index (χ3n) is 1.63. The van der Waals surface area contributed by atoms with E-state index in [1.807, 2.05) is 10.8 Å². The van der Waals surface area contributed by atoms with E-state index in [2.05, 4.69) is 16.9 Å². The van der Waals surface area contributed by atoms with Gasteiger partial charge in [0.05, 0.1) is 30.6 Å². The van der Waals surface area contributed by atoms with Gasteiger partial charge in [-0.2, -0.15) is 0 Å². The summed E-state index contributed by atoms with van der Waals surface area (Å²) in [6, 6.07) is 0. The number of hydrogen-bond acceptors (Lipinski definition) is 2. The van der Waals surface area contributed by atoms with Crippen molar-refractivity contribution in [2.75, 3.05) is 0 Å². The van der Waals surface area contributed by atoms with E-state index >= 15 is 0 Å². The summed E-state index contributed by atoms with van der Waals surface area (Å²) in [5.74, 6) is 0.610. The summed E-state index contributed by atoms with van der Waals surface area (Å²) in [6.07, 6.45) is 3.62. The van der Waals surface area contributed by atoms with E-state index in [1.165, 1.54) is 0 Å². The van der Waals surface area contributed by atoms with Crippen molar-refractivity contribution >= 4 is 5.84 Å². The molecular weight excluding hydrogens is 152 g/mol. The van der Waals surface area contributed by atoms with Gasteiger partial charge in [-0.1, -0.05) is 0 Å². The second kappa shape index (κ2) is 3.90. The van der Waals surface area contributed by atoms with Gasteiger partial charge in [0.2, 0.25) is 0 Å². The highest BCUT2D eigenvalue weighted by atomic mass is 15.1. The van der Waals surface area contributed by atoms with E-state index in [0.29, 0.717) is 12.4 Å². The molecule has 0 amide bonds. The van der Waals surface area contributed by atoms with Crippen LogP contribution in [0.15, 0.2) is 17.5 Å². The Morgan fingerprint density at radius 3 is 3.08 bits per heavy atom. The number of imidazole rings is 1. The maximum Gasteiger partial charge on any atom is 0.0948 e. The van der Waals surface area contributed by atoms with Crippen LogP contribution < -0.4 is 5.73 Å². The molecule has 4 heteroatoms. The topological polar surface area (TPSA) is 56.2 Å². The molecule has 0 radical (unpaired) electrons. The minimum absolute atomic E-state index is 0.610. The van der Waals surface area contributed by atoms with E-state index in [0.717, 1.165) is 12.2 Å². The van der Waals surface area contributed by atoms with Gasteiger partial charge in [0, 0.05) is 6.54 Å². The molecule has 12 heavy (non-hydrogen) atoms. The number of amidine groups is 1. The minimum atomic E-state index is 0.610. The molecule has 0 aliphatic carbocycles. The Morgan fingerprint density at radius 2 is 2.50 bits per heavy atom. The molecular formula is C8H14N4. The lowest BCUT2D eigenvalue weighted by atomic mass is 10.4. The molecule has 4 nitrogen and oxygen atoms in total. The summed E-state index contributed by atoms with van der Waals surface area (Å²) >= 11 is 0. The van der Waals surface area contributed by atoms with E-state index < -0.39 is 0 Å². The number of nitrogens with two attached hydrogens (primary N) is 1. The van der Waals surface area contributed by atoms with Gasteiger partial charge >= 0.3 is 0 Å². The van der Waals surface area contributed by atoms with E-state index in [4.69, 9.17) is 5.73 Å². The Bertz CT molecular complexity index is 270. The fourth-order valence-corrected chi connectivity index (χ4v) is 0.970. The van der Waals surface area contributed by atoms with Crippen LogP contribution in [0.2, 0.25) is 0 Å². The normalized spacial score (nSPS) is 12.0. The summed E-state index contributed by atoms with van der Waals surface area (Å²) in [6.45, 7) is 5.40. The molecule has 0 saturated heterocycles. The third kappa shape index (κ3) is 2.08. The first-order valence-electron chi connectivity index (χ1n) is 3.99. The Hall–Kier alpha value is -1.32. The summed E-state index contributed by atoms with van der Waals surface area (Å²) in [7, 11) is 0. The van der Waals surface area contributed by atoms with Gasteiger partial charge in [-0.3, -0.25) is 4.99 Å². The van der Waals surface area contributed by atoms with Gasteiger partial charge in [-0.05, 0) is 13.8 Å². The second-order valence-electron chi connectivity index (χ2n) is 2.63. The molecule has 0 aliphatic heterocycles. The Kier molecular flexibility index (Phi) is 2.85. The lowest BCUT2D eigenvalue weighted by Crippen LogP contribution is -2.06. The third-order valence-corrected chi connectivity index (χ3v) is 1.63. The molecule has 1 aromatic heterocycles. The maximum absolute atomic E-state index is 5.42. The maximum atomic E-state index is 5.42. The lowest BCUT2D eigenvalue weighted by Gasteiger charge is -2.01. The zero-order chi connectivity index (χ0) is 8.97. The molecule has 0 aromatic carbocycles. The number of hydrogen-bond donors (Lipinski definition) is 1. The van der Waals surface area contributed by atoms with Crippen molar-refractivity contribution < 1.29 is 0 Å². The van der Waals surface area contributed by atoms with Gasteiger partial charge in [0.15, 0.2) is 0 Å². The monoisotopic (exact) mass is 166 g/mol. The quantitative estimate of drug-likeness (QED) is 0.533. The van der Waals surface area contributed by atoms with Crippen LogP contribution in [0.3, 0.4) is 0 Å². The Balaban J connectivity index is 2.68. The molecule has 1 heterocycles. The van der Waals surface area contributed by atoms with Crippen LogP contribution in [-0.2, 0) is 13.1 Å². The predicted octanol–water partition coefficient (Wildman–Crippen LogP) is 0.780. The number of rotatable bonds is 3. The highest BCUT2D eigenvalue weighted by Gasteiger charge is 1.97. The molecule has 0 unspecified atom stereocenters. The van der Waals surface area contributed by atoms with Crippen molar-refractivity contribution in [2.45, 2.75) is 26.9 Å². The summed E-state index contributed by atoms with van der Waals surface area (Å²) < 4.78 is 2.05. The zero-order valence-corrected chi connectivity index (χ0v) is 7.49. The number of nitrogens with zero attached hydrogens (tertiary/aromatic N) is 3. The first-order chi connectivity index (χ1) is 5.74. The van der Waals surface area contributed by atoms with Crippen molar-refractivity contribution in [2.24, 2.45) is 10.7 Å². The summed E-state index contributed by atoms with van der Waals surface area (Å²) in [5.41, 5.74) is 6.52. The van der Waals surface area contributed by atoms with E-state index in [-0.39, 0.29) is 0 Å². The molecule has 66 valence electrons. The van der Waals surface area contributed by atoms with Crippen molar-refractivity contribution in [3.8, 4) is 0 Å². The smallest absolute Gasteiger partial charge is 0.0948 e. The van der Waals surface area contributed by atoms with Crippen LogP contribution in [0.5, 0.6) is 0 Å². The average molecular weight is 166 g/mol. The van der Waals surface area contributed by atoms with Gasteiger partial charge in [0.25, 0.3) is 0 Å². The van der Waals surface area contributed by atoms with Crippen molar-refractivity contribution in [3.63, 3.8) is 0 Å². The first-order valence-corrected chi connectivity index (χ1v) is 3.99. The van der Waals surface area contributed by atoms with Crippen LogP contribution in [-0.4, -0.2) is 15.4 Å². The van der Waals surface area contributed by atoms with Crippen LogP contribution >= 0.6 is 0 Å². The van der Waals surface area contributed by atoms with Crippen molar-refractivity contribution in [3.05, 3.63) is 18.2 Å². The highest BCUT2D eigenvalue weighted by molar-refractivity contribution is 5.77. The van der Waals surface area contributed by atoms with Crippen molar-refractivity contribution in [1.29, 1.82) is 0 Å². The van der Waals surface area contributed by atoms with Crippen LogP contribution in [0.25, 0.3) is 0 Å². The van der Waals surface area contributed by atoms with Gasteiger partial charge < -0.3 is 10.3 Å². The molecule has 2 N–H and O–H groups in total. The molecule has 0 fully saturated rings. The van der Waals surface area contributed by atoms with Gasteiger partial charge in [-0.15, -0.1) is 0 Å². The second-order valence-corrected chi connectivity index (χ2v) is 2.63. The van der Waals surface area contributed by atoms with Crippen molar-refractivity contribution in [1.82, 2.24) is 9.55 Å². The molecule has 0 aliphatic rings. The van der Waals surface area contributed by atoms with E-state index in [9.17, 15) is 0 Å². The highest BCUT2D eigenvalue weighted by Crippen LogP contribution is 2.00. The molecule has 0 bridgehead atoms.